The third-order valence-electron chi connectivity index (χ3n) is 4.91. The van der Waals surface area contributed by atoms with Gasteiger partial charge in [-0.1, -0.05) is 25.1 Å². The second-order valence-electron chi connectivity index (χ2n) is 7.03. The lowest BCUT2D eigenvalue weighted by Gasteiger charge is -2.33. The molecule has 0 N–H and O–H groups in total. The molecule has 0 radical (unpaired) electrons. The molecule has 1 fully saturated rings. The fraction of sp³-hybridized carbons (Fsp3) is 0.524. The predicted molar refractivity (Wildman–Crippen MR) is 111 cm³/mol. The Morgan fingerprint density at radius 2 is 2.00 bits per heavy atom. The SMILES string of the molecule is CCOc1ccccc1/C=C/C(=O)OCC(=O)N([C@H]1CCS(=O)(=O)C1)[C@@H](C)CC. The topological polar surface area (TPSA) is 90.0 Å². The summed E-state index contributed by atoms with van der Waals surface area (Å²) < 4.78 is 34.2. The summed E-state index contributed by atoms with van der Waals surface area (Å²) in [6, 6.07) is 6.79. The monoisotopic (exact) mass is 423 g/mol. The maximum atomic E-state index is 12.7. The van der Waals surface area contributed by atoms with Crippen molar-refractivity contribution in [3.05, 3.63) is 35.9 Å². The van der Waals surface area contributed by atoms with E-state index in [1.807, 2.05) is 39.0 Å². The Hall–Kier alpha value is -2.35. The fourth-order valence-electron chi connectivity index (χ4n) is 3.32. The molecule has 160 valence electrons. The highest BCUT2D eigenvalue weighted by molar-refractivity contribution is 7.91. The highest BCUT2D eigenvalue weighted by Crippen LogP contribution is 2.22. The number of rotatable bonds is 9. The van der Waals surface area contributed by atoms with Crippen LogP contribution in [0.15, 0.2) is 30.3 Å². The van der Waals surface area contributed by atoms with Crippen LogP contribution >= 0.6 is 0 Å². The first-order valence-electron chi connectivity index (χ1n) is 9.85. The number of ether oxygens (including phenoxy) is 2. The van der Waals surface area contributed by atoms with Gasteiger partial charge < -0.3 is 14.4 Å². The van der Waals surface area contributed by atoms with E-state index in [4.69, 9.17) is 9.47 Å². The van der Waals surface area contributed by atoms with Gasteiger partial charge in [0.15, 0.2) is 16.4 Å². The van der Waals surface area contributed by atoms with Crippen molar-refractivity contribution in [1.82, 2.24) is 4.90 Å². The molecule has 0 bridgehead atoms. The Morgan fingerprint density at radius 1 is 1.28 bits per heavy atom. The first-order chi connectivity index (χ1) is 13.8. The Labute approximate surface area is 172 Å². The van der Waals surface area contributed by atoms with Crippen LogP contribution in [0.4, 0.5) is 0 Å². The molecule has 1 aliphatic heterocycles. The number of esters is 1. The summed E-state index contributed by atoms with van der Waals surface area (Å²) in [5, 5.41) is 0. The summed E-state index contributed by atoms with van der Waals surface area (Å²) in [5.74, 6) is -0.323. The van der Waals surface area contributed by atoms with Gasteiger partial charge in [0.05, 0.1) is 18.1 Å². The smallest absolute Gasteiger partial charge is 0.331 e. The third kappa shape index (κ3) is 6.59. The van der Waals surface area contributed by atoms with Gasteiger partial charge in [-0.2, -0.15) is 0 Å². The summed E-state index contributed by atoms with van der Waals surface area (Å²) in [4.78, 5) is 26.3. The zero-order valence-electron chi connectivity index (χ0n) is 17.2. The standard InChI is InChI=1S/C21H29NO6S/c1-4-16(3)22(18-12-13-29(25,26)15-18)20(23)14-28-21(24)11-10-17-8-6-7-9-19(17)27-5-2/h6-11,16,18H,4-5,12-15H2,1-3H3/b11-10+/t16-,18-/m0/s1. The van der Waals surface area contributed by atoms with Crippen LogP contribution in [0, 0.1) is 0 Å². The van der Waals surface area contributed by atoms with Crippen molar-refractivity contribution in [2.75, 3.05) is 24.7 Å². The predicted octanol–water partition coefficient (Wildman–Crippen LogP) is 2.46. The zero-order valence-corrected chi connectivity index (χ0v) is 18.0. The van der Waals surface area contributed by atoms with Crippen LogP contribution < -0.4 is 4.74 Å². The van der Waals surface area contributed by atoms with E-state index in [0.717, 1.165) is 5.56 Å². The van der Waals surface area contributed by atoms with Crippen molar-refractivity contribution in [3.63, 3.8) is 0 Å². The highest BCUT2D eigenvalue weighted by Gasteiger charge is 2.36. The molecule has 8 heteroatoms. The Balaban J connectivity index is 1.98. The van der Waals surface area contributed by atoms with Crippen molar-refractivity contribution < 1.29 is 27.5 Å². The van der Waals surface area contributed by atoms with Crippen molar-refractivity contribution >= 4 is 27.8 Å². The average Bonchev–Trinajstić information content (AvgIpc) is 3.05. The van der Waals surface area contributed by atoms with Crippen LogP contribution in [-0.2, 0) is 24.2 Å². The molecule has 0 aromatic heterocycles. The number of para-hydroxylation sites is 1. The zero-order chi connectivity index (χ0) is 21.4. The van der Waals surface area contributed by atoms with Gasteiger partial charge in [0.2, 0.25) is 0 Å². The quantitative estimate of drug-likeness (QED) is 0.448. The van der Waals surface area contributed by atoms with Crippen molar-refractivity contribution in [1.29, 1.82) is 0 Å². The Morgan fingerprint density at radius 3 is 2.62 bits per heavy atom. The summed E-state index contributed by atoms with van der Waals surface area (Å²) in [6.07, 6.45) is 3.93. The van der Waals surface area contributed by atoms with Gasteiger partial charge in [0.25, 0.3) is 5.91 Å². The number of carbonyl (C=O) groups is 2. The maximum absolute atomic E-state index is 12.7. The van der Waals surface area contributed by atoms with Crippen molar-refractivity contribution in [3.8, 4) is 5.75 Å². The van der Waals surface area contributed by atoms with Crippen LogP contribution in [-0.4, -0.2) is 62.0 Å². The second kappa shape index (κ2) is 10.4. The summed E-state index contributed by atoms with van der Waals surface area (Å²) in [5.41, 5.74) is 0.732. The van der Waals surface area contributed by atoms with E-state index in [0.29, 0.717) is 25.2 Å². The molecule has 0 unspecified atom stereocenters. The number of benzene rings is 1. The van der Waals surface area contributed by atoms with Gasteiger partial charge in [-0.05, 0) is 38.8 Å². The van der Waals surface area contributed by atoms with E-state index in [9.17, 15) is 18.0 Å². The molecular formula is C21H29NO6S. The summed E-state index contributed by atoms with van der Waals surface area (Å²) in [6.45, 7) is 5.76. The van der Waals surface area contributed by atoms with Crippen LogP contribution in [0.5, 0.6) is 5.75 Å². The maximum Gasteiger partial charge on any atom is 0.331 e. The van der Waals surface area contributed by atoms with Gasteiger partial charge in [-0.15, -0.1) is 0 Å². The molecule has 0 saturated carbocycles. The first-order valence-corrected chi connectivity index (χ1v) is 11.7. The molecule has 7 nitrogen and oxygen atoms in total. The summed E-state index contributed by atoms with van der Waals surface area (Å²) in [7, 11) is -3.12. The average molecular weight is 424 g/mol. The van der Waals surface area contributed by atoms with Crippen molar-refractivity contribution in [2.45, 2.75) is 45.7 Å². The van der Waals surface area contributed by atoms with Crippen LogP contribution in [0.2, 0.25) is 0 Å². The van der Waals surface area contributed by atoms with Crippen LogP contribution in [0.3, 0.4) is 0 Å². The second-order valence-corrected chi connectivity index (χ2v) is 9.26. The van der Waals surface area contributed by atoms with Crippen LogP contribution in [0.1, 0.15) is 39.2 Å². The molecule has 1 aromatic carbocycles. The molecule has 1 saturated heterocycles. The number of sulfone groups is 1. The van der Waals surface area contributed by atoms with E-state index in [2.05, 4.69) is 0 Å². The lowest BCUT2D eigenvalue weighted by atomic mass is 10.1. The minimum atomic E-state index is -3.12. The molecule has 1 heterocycles. The lowest BCUT2D eigenvalue weighted by Crippen LogP contribution is -2.48. The number of hydrogen-bond donors (Lipinski definition) is 0. The molecular weight excluding hydrogens is 394 g/mol. The first kappa shape index (κ1) is 22.9. The molecule has 0 aliphatic carbocycles. The van der Waals surface area contributed by atoms with Crippen molar-refractivity contribution in [2.24, 2.45) is 0 Å². The fourth-order valence-corrected chi connectivity index (χ4v) is 5.03. The number of nitrogens with zero attached hydrogens (tertiary/aromatic N) is 1. The van der Waals surface area contributed by atoms with E-state index < -0.39 is 22.4 Å². The van der Waals surface area contributed by atoms with Gasteiger partial charge in [0.1, 0.15) is 5.75 Å². The Kier molecular flexibility index (Phi) is 8.25. The normalized spacial score (nSPS) is 19.1. The number of hydrogen-bond acceptors (Lipinski definition) is 6. The molecule has 29 heavy (non-hydrogen) atoms. The van der Waals surface area contributed by atoms with Gasteiger partial charge >= 0.3 is 5.97 Å². The number of amides is 1. The van der Waals surface area contributed by atoms with Gasteiger partial charge in [-0.3, -0.25) is 4.79 Å². The molecule has 1 aliphatic rings. The lowest BCUT2D eigenvalue weighted by molar-refractivity contribution is -0.150. The van der Waals surface area contributed by atoms with E-state index in [1.54, 1.807) is 17.0 Å². The minimum Gasteiger partial charge on any atom is -0.493 e. The largest absolute Gasteiger partial charge is 0.493 e. The van der Waals surface area contributed by atoms with E-state index >= 15 is 0 Å². The highest BCUT2D eigenvalue weighted by atomic mass is 32.2. The van der Waals surface area contributed by atoms with Gasteiger partial charge in [0, 0.05) is 23.7 Å². The Bertz CT molecular complexity index is 848. The molecule has 0 spiro atoms. The molecule has 2 rings (SSSR count). The minimum absolute atomic E-state index is 0.0366. The summed E-state index contributed by atoms with van der Waals surface area (Å²) >= 11 is 0. The third-order valence-corrected chi connectivity index (χ3v) is 6.66. The van der Waals surface area contributed by atoms with E-state index in [-0.39, 0.29) is 29.5 Å². The van der Waals surface area contributed by atoms with E-state index in [1.165, 1.54) is 6.08 Å². The van der Waals surface area contributed by atoms with Crippen LogP contribution in [0.25, 0.3) is 6.08 Å². The number of carbonyl (C=O) groups excluding carboxylic acids is 2. The molecule has 1 aromatic rings. The van der Waals surface area contributed by atoms with Gasteiger partial charge in [-0.25, -0.2) is 13.2 Å². The molecule has 1 amide bonds. The molecule has 2 atom stereocenters.